The van der Waals surface area contributed by atoms with E-state index in [9.17, 15) is 9.59 Å². The van der Waals surface area contributed by atoms with Crippen molar-refractivity contribution in [3.8, 4) is 0 Å². The molecule has 0 aliphatic heterocycles. The van der Waals surface area contributed by atoms with Gasteiger partial charge in [0.2, 0.25) is 0 Å². The summed E-state index contributed by atoms with van der Waals surface area (Å²) in [6, 6.07) is 9.66. The van der Waals surface area contributed by atoms with Gasteiger partial charge in [-0.25, -0.2) is 4.79 Å². The lowest BCUT2D eigenvalue weighted by Gasteiger charge is -2.07. The lowest BCUT2D eigenvalue weighted by Crippen LogP contribution is -2.15. The van der Waals surface area contributed by atoms with Crippen LogP contribution >= 0.6 is 0 Å². The molecule has 0 radical (unpaired) electrons. The van der Waals surface area contributed by atoms with Gasteiger partial charge in [-0.1, -0.05) is 0 Å². The molecule has 0 saturated heterocycles. The van der Waals surface area contributed by atoms with Crippen LogP contribution in [0, 0.1) is 0 Å². The summed E-state index contributed by atoms with van der Waals surface area (Å²) in [7, 11) is 1.61. The summed E-state index contributed by atoms with van der Waals surface area (Å²) >= 11 is 0. The molecule has 1 aromatic heterocycles. The Morgan fingerprint density at radius 2 is 1.84 bits per heavy atom. The maximum atomic E-state index is 12.2. The highest BCUT2D eigenvalue weighted by molar-refractivity contribution is 6.03. The van der Waals surface area contributed by atoms with Crippen molar-refractivity contribution in [1.29, 1.82) is 0 Å². The normalized spacial score (nSPS) is 10.2. The fraction of sp³-hybridized carbons (Fsp3) is 0.294. The van der Waals surface area contributed by atoms with Crippen molar-refractivity contribution in [2.45, 2.75) is 6.92 Å². The lowest BCUT2D eigenvalue weighted by molar-refractivity contribution is 0.0526. The number of hydrogen-bond acceptors (Lipinski definition) is 7. The molecule has 0 fully saturated rings. The van der Waals surface area contributed by atoms with Gasteiger partial charge in [0.1, 0.15) is 5.82 Å². The Kier molecular flexibility index (Phi) is 6.85. The number of carbonyl (C=O) groups is 2. The standard InChI is InChI=1S/C17H20N4O4/c1-3-25-17(23)12-4-6-13(7-5-12)19-16(22)14-8-9-15(21-20-14)18-10-11-24-2/h4-9H,3,10-11H2,1-2H3,(H,18,21)(H,19,22). The molecular formula is C17H20N4O4. The first-order valence-electron chi connectivity index (χ1n) is 7.79. The van der Waals surface area contributed by atoms with Gasteiger partial charge in [-0.05, 0) is 43.3 Å². The highest BCUT2D eigenvalue weighted by Crippen LogP contribution is 2.12. The van der Waals surface area contributed by atoms with E-state index in [4.69, 9.17) is 9.47 Å². The zero-order valence-electron chi connectivity index (χ0n) is 14.1. The number of rotatable bonds is 8. The summed E-state index contributed by atoms with van der Waals surface area (Å²) in [6.45, 7) is 3.20. The van der Waals surface area contributed by atoms with E-state index in [1.54, 1.807) is 50.4 Å². The summed E-state index contributed by atoms with van der Waals surface area (Å²) < 4.78 is 9.83. The van der Waals surface area contributed by atoms with E-state index in [2.05, 4.69) is 20.8 Å². The molecule has 1 aromatic carbocycles. The molecule has 8 heteroatoms. The molecule has 2 rings (SSSR count). The SMILES string of the molecule is CCOC(=O)c1ccc(NC(=O)c2ccc(NCCOC)nn2)cc1. The second-order valence-electron chi connectivity index (χ2n) is 4.98. The maximum Gasteiger partial charge on any atom is 0.338 e. The number of amides is 1. The Morgan fingerprint density at radius 1 is 1.08 bits per heavy atom. The van der Waals surface area contributed by atoms with Gasteiger partial charge >= 0.3 is 5.97 Å². The molecule has 0 aliphatic carbocycles. The largest absolute Gasteiger partial charge is 0.462 e. The highest BCUT2D eigenvalue weighted by Gasteiger charge is 2.10. The van der Waals surface area contributed by atoms with E-state index in [0.29, 0.717) is 36.8 Å². The van der Waals surface area contributed by atoms with Crippen LogP contribution in [-0.4, -0.2) is 48.9 Å². The van der Waals surface area contributed by atoms with Crippen LogP contribution in [0.5, 0.6) is 0 Å². The molecule has 25 heavy (non-hydrogen) atoms. The number of nitrogens with zero attached hydrogens (tertiary/aromatic N) is 2. The van der Waals surface area contributed by atoms with Crippen LogP contribution in [0.15, 0.2) is 36.4 Å². The number of aromatic nitrogens is 2. The average Bonchev–Trinajstić information content (AvgIpc) is 2.63. The number of nitrogens with one attached hydrogen (secondary N) is 2. The fourth-order valence-corrected chi connectivity index (χ4v) is 1.93. The number of ether oxygens (including phenoxy) is 2. The highest BCUT2D eigenvalue weighted by atomic mass is 16.5. The molecule has 0 unspecified atom stereocenters. The predicted molar refractivity (Wildman–Crippen MR) is 92.7 cm³/mol. The summed E-state index contributed by atoms with van der Waals surface area (Å²) in [5.41, 5.74) is 1.15. The minimum absolute atomic E-state index is 0.187. The van der Waals surface area contributed by atoms with Gasteiger partial charge in [-0.2, -0.15) is 0 Å². The number of benzene rings is 1. The van der Waals surface area contributed by atoms with Crippen LogP contribution < -0.4 is 10.6 Å². The first kappa shape index (κ1) is 18.3. The summed E-state index contributed by atoms with van der Waals surface area (Å²) in [4.78, 5) is 23.7. The Balaban J connectivity index is 1.93. The lowest BCUT2D eigenvalue weighted by atomic mass is 10.2. The summed E-state index contributed by atoms with van der Waals surface area (Å²) in [5.74, 6) is -0.227. The zero-order valence-corrected chi connectivity index (χ0v) is 14.1. The van der Waals surface area contributed by atoms with Crippen molar-refractivity contribution in [3.63, 3.8) is 0 Å². The molecule has 1 heterocycles. The van der Waals surface area contributed by atoms with E-state index in [0.717, 1.165) is 0 Å². The summed E-state index contributed by atoms with van der Waals surface area (Å²) in [5, 5.41) is 13.5. The average molecular weight is 344 g/mol. The molecule has 0 saturated carbocycles. The Labute approximate surface area is 145 Å². The molecule has 2 N–H and O–H groups in total. The van der Waals surface area contributed by atoms with Crippen LogP contribution in [0.3, 0.4) is 0 Å². The number of carbonyl (C=O) groups excluding carboxylic acids is 2. The van der Waals surface area contributed by atoms with Crippen molar-refractivity contribution in [3.05, 3.63) is 47.7 Å². The first-order valence-corrected chi connectivity index (χ1v) is 7.79. The molecule has 8 nitrogen and oxygen atoms in total. The smallest absolute Gasteiger partial charge is 0.338 e. The van der Waals surface area contributed by atoms with Gasteiger partial charge in [0.25, 0.3) is 5.91 Å². The minimum Gasteiger partial charge on any atom is -0.462 e. The van der Waals surface area contributed by atoms with Crippen molar-refractivity contribution in [2.24, 2.45) is 0 Å². The van der Waals surface area contributed by atoms with Crippen molar-refractivity contribution in [2.75, 3.05) is 37.5 Å². The van der Waals surface area contributed by atoms with E-state index in [1.165, 1.54) is 0 Å². The first-order chi connectivity index (χ1) is 12.1. The number of methoxy groups -OCH3 is 1. The predicted octanol–water partition coefficient (Wildman–Crippen LogP) is 1.96. The van der Waals surface area contributed by atoms with Crippen LogP contribution in [-0.2, 0) is 9.47 Å². The van der Waals surface area contributed by atoms with Crippen LogP contribution in [0.25, 0.3) is 0 Å². The summed E-state index contributed by atoms with van der Waals surface area (Å²) in [6.07, 6.45) is 0. The molecule has 132 valence electrons. The quantitative estimate of drug-likeness (QED) is 0.557. The monoisotopic (exact) mass is 344 g/mol. The number of esters is 1. The van der Waals surface area contributed by atoms with Gasteiger partial charge in [-0.3, -0.25) is 4.79 Å². The third-order valence-corrected chi connectivity index (χ3v) is 3.16. The molecule has 0 atom stereocenters. The second-order valence-corrected chi connectivity index (χ2v) is 4.98. The molecule has 0 bridgehead atoms. The molecule has 1 amide bonds. The van der Waals surface area contributed by atoms with E-state index in [1.807, 2.05) is 0 Å². The van der Waals surface area contributed by atoms with Crippen molar-refractivity contribution < 1.29 is 19.1 Å². The van der Waals surface area contributed by atoms with E-state index < -0.39 is 5.97 Å². The van der Waals surface area contributed by atoms with Gasteiger partial charge in [0.05, 0.1) is 18.8 Å². The second kappa shape index (κ2) is 9.33. The van der Waals surface area contributed by atoms with Gasteiger partial charge in [-0.15, -0.1) is 10.2 Å². The van der Waals surface area contributed by atoms with Crippen molar-refractivity contribution in [1.82, 2.24) is 10.2 Å². The molecule has 0 spiro atoms. The maximum absolute atomic E-state index is 12.2. The van der Waals surface area contributed by atoms with Gasteiger partial charge in [0.15, 0.2) is 5.69 Å². The van der Waals surface area contributed by atoms with Crippen LogP contribution in [0.2, 0.25) is 0 Å². The third-order valence-electron chi connectivity index (χ3n) is 3.16. The topological polar surface area (TPSA) is 102 Å². The Bertz CT molecular complexity index is 702. The van der Waals surface area contributed by atoms with E-state index >= 15 is 0 Å². The zero-order chi connectivity index (χ0) is 18.1. The number of hydrogen-bond donors (Lipinski definition) is 2. The van der Waals surface area contributed by atoms with Gasteiger partial charge in [0, 0.05) is 19.3 Å². The minimum atomic E-state index is -0.400. The van der Waals surface area contributed by atoms with E-state index in [-0.39, 0.29) is 11.6 Å². The fourth-order valence-electron chi connectivity index (χ4n) is 1.93. The Morgan fingerprint density at radius 3 is 2.44 bits per heavy atom. The Hall–Kier alpha value is -3.00. The third kappa shape index (κ3) is 5.54. The van der Waals surface area contributed by atoms with Gasteiger partial charge < -0.3 is 20.1 Å². The van der Waals surface area contributed by atoms with Crippen molar-refractivity contribution >= 4 is 23.4 Å². The molecular weight excluding hydrogens is 324 g/mol. The number of anilines is 2. The molecule has 0 aliphatic rings. The van der Waals surface area contributed by atoms with Crippen LogP contribution in [0.4, 0.5) is 11.5 Å². The van der Waals surface area contributed by atoms with Crippen LogP contribution in [0.1, 0.15) is 27.8 Å². The molecule has 2 aromatic rings.